The van der Waals surface area contributed by atoms with Crippen molar-refractivity contribution in [3.8, 4) is 0 Å². The molecule has 0 aliphatic carbocycles. The van der Waals surface area contributed by atoms with Crippen LogP contribution in [0.5, 0.6) is 0 Å². The minimum atomic E-state index is -0.310. The van der Waals surface area contributed by atoms with Gasteiger partial charge in [0.2, 0.25) is 0 Å². The van der Waals surface area contributed by atoms with Crippen LogP contribution in [0.3, 0.4) is 0 Å². The SMILES string of the molecule is CCc1ncc2c(n1)CN(c1c(C)cccc1[N+](=O)[O-])CC2. The highest BCUT2D eigenvalue weighted by Gasteiger charge is 2.25. The van der Waals surface area contributed by atoms with Crippen molar-refractivity contribution in [1.29, 1.82) is 0 Å². The summed E-state index contributed by atoms with van der Waals surface area (Å²) >= 11 is 0. The number of aromatic nitrogens is 2. The predicted molar refractivity (Wildman–Crippen MR) is 84.0 cm³/mol. The number of anilines is 1. The van der Waals surface area contributed by atoms with Crippen molar-refractivity contribution >= 4 is 11.4 Å². The quantitative estimate of drug-likeness (QED) is 0.643. The van der Waals surface area contributed by atoms with E-state index in [1.54, 1.807) is 12.1 Å². The number of nitrogens with zero attached hydrogens (tertiary/aromatic N) is 4. The number of nitro groups is 1. The summed E-state index contributed by atoms with van der Waals surface area (Å²) in [4.78, 5) is 22.0. The Morgan fingerprint density at radius 3 is 2.95 bits per heavy atom. The number of nitro benzene ring substituents is 1. The molecule has 22 heavy (non-hydrogen) atoms. The van der Waals surface area contributed by atoms with Crippen molar-refractivity contribution in [2.24, 2.45) is 0 Å². The van der Waals surface area contributed by atoms with Gasteiger partial charge in [-0.3, -0.25) is 10.1 Å². The molecule has 0 amide bonds. The minimum Gasteiger partial charge on any atom is -0.360 e. The van der Waals surface area contributed by atoms with E-state index in [-0.39, 0.29) is 10.6 Å². The van der Waals surface area contributed by atoms with Gasteiger partial charge in [-0.05, 0) is 24.5 Å². The molecule has 0 N–H and O–H groups in total. The molecule has 3 rings (SSSR count). The summed E-state index contributed by atoms with van der Waals surface area (Å²) in [6.45, 7) is 5.27. The van der Waals surface area contributed by atoms with Crippen molar-refractivity contribution in [2.45, 2.75) is 33.2 Å². The van der Waals surface area contributed by atoms with Crippen LogP contribution in [0.25, 0.3) is 0 Å². The molecule has 0 saturated carbocycles. The third kappa shape index (κ3) is 2.52. The maximum Gasteiger partial charge on any atom is 0.292 e. The van der Waals surface area contributed by atoms with Crippen molar-refractivity contribution in [1.82, 2.24) is 9.97 Å². The average Bonchev–Trinajstić information content (AvgIpc) is 2.53. The van der Waals surface area contributed by atoms with E-state index < -0.39 is 0 Å². The summed E-state index contributed by atoms with van der Waals surface area (Å²) in [5.41, 5.74) is 3.91. The third-order valence-corrected chi connectivity index (χ3v) is 4.04. The molecule has 6 heteroatoms. The first-order chi connectivity index (χ1) is 10.6. The monoisotopic (exact) mass is 298 g/mol. The summed E-state index contributed by atoms with van der Waals surface area (Å²) in [5.74, 6) is 0.819. The Hall–Kier alpha value is -2.50. The lowest BCUT2D eigenvalue weighted by Crippen LogP contribution is -2.32. The summed E-state index contributed by atoms with van der Waals surface area (Å²) in [5, 5.41) is 11.3. The number of para-hydroxylation sites is 1. The zero-order valence-corrected chi connectivity index (χ0v) is 12.7. The first kappa shape index (κ1) is 14.4. The van der Waals surface area contributed by atoms with Gasteiger partial charge in [-0.1, -0.05) is 19.1 Å². The van der Waals surface area contributed by atoms with Crippen LogP contribution < -0.4 is 4.90 Å². The second-order valence-corrected chi connectivity index (χ2v) is 5.48. The molecular weight excluding hydrogens is 280 g/mol. The molecule has 0 unspecified atom stereocenters. The Morgan fingerprint density at radius 1 is 1.41 bits per heavy atom. The molecule has 1 aliphatic rings. The Kier molecular flexibility index (Phi) is 3.75. The van der Waals surface area contributed by atoms with Gasteiger partial charge in [0, 0.05) is 25.2 Å². The third-order valence-electron chi connectivity index (χ3n) is 4.04. The Bertz CT molecular complexity index is 730. The molecule has 0 radical (unpaired) electrons. The number of rotatable bonds is 3. The van der Waals surface area contributed by atoms with Gasteiger partial charge in [0.05, 0.1) is 17.2 Å². The highest BCUT2D eigenvalue weighted by atomic mass is 16.6. The van der Waals surface area contributed by atoms with Gasteiger partial charge in [-0.2, -0.15) is 0 Å². The highest BCUT2D eigenvalue weighted by Crippen LogP contribution is 2.34. The maximum atomic E-state index is 11.3. The Morgan fingerprint density at radius 2 is 2.23 bits per heavy atom. The molecule has 0 spiro atoms. The summed E-state index contributed by atoms with van der Waals surface area (Å²) in [6.07, 6.45) is 3.49. The molecule has 114 valence electrons. The molecule has 2 aromatic rings. The van der Waals surface area contributed by atoms with Crippen LogP contribution in [-0.2, 0) is 19.4 Å². The number of benzene rings is 1. The summed E-state index contributed by atoms with van der Waals surface area (Å²) < 4.78 is 0. The summed E-state index contributed by atoms with van der Waals surface area (Å²) in [7, 11) is 0. The first-order valence-corrected chi connectivity index (χ1v) is 7.42. The lowest BCUT2D eigenvalue weighted by atomic mass is 10.0. The van der Waals surface area contributed by atoms with Crippen LogP contribution in [0.4, 0.5) is 11.4 Å². The molecule has 0 fully saturated rings. The molecule has 0 saturated heterocycles. The number of fused-ring (bicyclic) bond motifs is 1. The van der Waals surface area contributed by atoms with E-state index in [1.807, 2.05) is 26.1 Å². The summed E-state index contributed by atoms with van der Waals surface area (Å²) in [6, 6.07) is 5.21. The predicted octanol–water partition coefficient (Wildman–Crippen LogP) is 2.82. The van der Waals surface area contributed by atoms with E-state index in [4.69, 9.17) is 0 Å². The minimum absolute atomic E-state index is 0.160. The zero-order valence-electron chi connectivity index (χ0n) is 12.7. The van der Waals surface area contributed by atoms with E-state index in [2.05, 4.69) is 14.9 Å². The molecule has 0 bridgehead atoms. The van der Waals surface area contributed by atoms with E-state index in [0.29, 0.717) is 12.2 Å². The Labute approximate surface area is 129 Å². The van der Waals surface area contributed by atoms with E-state index >= 15 is 0 Å². The standard InChI is InChI=1S/C16H18N4O2/c1-3-15-17-9-12-7-8-19(10-13(12)18-15)16-11(2)5-4-6-14(16)20(21)22/h4-6,9H,3,7-8,10H2,1-2H3. The van der Waals surface area contributed by atoms with Crippen LogP contribution in [0.2, 0.25) is 0 Å². The molecule has 0 atom stereocenters. The molecular formula is C16H18N4O2. The fraction of sp³-hybridized carbons (Fsp3) is 0.375. The smallest absolute Gasteiger partial charge is 0.292 e. The van der Waals surface area contributed by atoms with Crippen molar-refractivity contribution in [3.05, 3.63) is 57.2 Å². The van der Waals surface area contributed by atoms with Gasteiger partial charge in [0.15, 0.2) is 0 Å². The largest absolute Gasteiger partial charge is 0.360 e. The van der Waals surface area contributed by atoms with E-state index in [1.165, 1.54) is 0 Å². The average molecular weight is 298 g/mol. The lowest BCUT2D eigenvalue weighted by molar-refractivity contribution is -0.384. The van der Waals surface area contributed by atoms with E-state index in [0.717, 1.165) is 42.0 Å². The number of hydrogen-bond acceptors (Lipinski definition) is 5. The van der Waals surface area contributed by atoms with Crippen molar-refractivity contribution in [2.75, 3.05) is 11.4 Å². The molecule has 1 aliphatic heterocycles. The van der Waals surface area contributed by atoms with Gasteiger partial charge in [-0.25, -0.2) is 9.97 Å². The molecule has 6 nitrogen and oxygen atoms in total. The molecule has 1 aromatic heterocycles. The van der Waals surface area contributed by atoms with Crippen molar-refractivity contribution < 1.29 is 4.92 Å². The lowest BCUT2D eigenvalue weighted by Gasteiger charge is -2.30. The fourth-order valence-electron chi connectivity index (χ4n) is 2.91. The van der Waals surface area contributed by atoms with Crippen molar-refractivity contribution in [3.63, 3.8) is 0 Å². The van der Waals surface area contributed by atoms with Crippen LogP contribution in [0.1, 0.15) is 29.6 Å². The van der Waals surface area contributed by atoms with Crippen LogP contribution in [-0.4, -0.2) is 21.4 Å². The normalized spacial score (nSPS) is 13.8. The van der Waals surface area contributed by atoms with Gasteiger partial charge < -0.3 is 4.90 Å². The second kappa shape index (κ2) is 5.71. The zero-order chi connectivity index (χ0) is 15.7. The molecule has 1 aromatic carbocycles. The van der Waals surface area contributed by atoms with Crippen LogP contribution >= 0.6 is 0 Å². The highest BCUT2D eigenvalue weighted by molar-refractivity contribution is 5.68. The first-order valence-electron chi connectivity index (χ1n) is 7.42. The van der Waals surface area contributed by atoms with Gasteiger partial charge in [-0.15, -0.1) is 0 Å². The molecule has 2 heterocycles. The maximum absolute atomic E-state index is 11.3. The van der Waals surface area contributed by atoms with E-state index in [9.17, 15) is 10.1 Å². The van der Waals surface area contributed by atoms with Crippen LogP contribution in [0, 0.1) is 17.0 Å². The van der Waals surface area contributed by atoms with Gasteiger partial charge in [0.1, 0.15) is 11.5 Å². The fourth-order valence-corrected chi connectivity index (χ4v) is 2.91. The van der Waals surface area contributed by atoms with Crippen LogP contribution in [0.15, 0.2) is 24.4 Å². The van der Waals surface area contributed by atoms with Gasteiger partial charge >= 0.3 is 0 Å². The topological polar surface area (TPSA) is 72.2 Å². The second-order valence-electron chi connectivity index (χ2n) is 5.48. The number of hydrogen-bond donors (Lipinski definition) is 0. The van der Waals surface area contributed by atoms with Gasteiger partial charge in [0.25, 0.3) is 5.69 Å². The number of aryl methyl sites for hydroxylation is 2. The Balaban J connectivity index is 2.00.